The number of hydrogen-bond donors (Lipinski definition) is 3. The maximum absolute atomic E-state index is 12.4. The summed E-state index contributed by atoms with van der Waals surface area (Å²) in [6.45, 7) is 3.40. The summed E-state index contributed by atoms with van der Waals surface area (Å²) in [6.07, 6.45) is 43.9. The molecule has 0 bridgehead atoms. The number of rotatable bonds is 35. The molecule has 0 amide bonds. The summed E-state index contributed by atoms with van der Waals surface area (Å²) in [4.78, 5) is 42.7. The molecule has 1 unspecified atom stereocenters. The van der Waals surface area contributed by atoms with Crippen molar-refractivity contribution in [2.45, 2.75) is 167 Å². The molecule has 0 saturated carbocycles. The minimum Gasteiger partial charge on any atom is -0.462 e. The number of hydrogen-bond acceptors (Lipinski definition) is 7. The lowest BCUT2D eigenvalue weighted by Crippen LogP contribution is -2.29. The van der Waals surface area contributed by atoms with Crippen molar-refractivity contribution in [3.63, 3.8) is 0 Å². The second-order valence-corrected chi connectivity index (χ2v) is 14.3. The van der Waals surface area contributed by atoms with Crippen molar-refractivity contribution in [3.8, 4) is 0 Å². The van der Waals surface area contributed by atoms with Gasteiger partial charge in [-0.2, -0.15) is 0 Å². The average molecular weight is 751 g/mol. The first-order valence-electron chi connectivity index (χ1n) is 19.8. The maximum Gasteiger partial charge on any atom is 0.469 e. The van der Waals surface area contributed by atoms with E-state index in [9.17, 15) is 19.3 Å². The van der Waals surface area contributed by atoms with Crippen molar-refractivity contribution in [3.05, 3.63) is 72.9 Å². The molecule has 0 aliphatic rings. The molecule has 9 nitrogen and oxygen atoms in total. The van der Waals surface area contributed by atoms with E-state index < -0.39 is 38.6 Å². The van der Waals surface area contributed by atoms with Crippen LogP contribution in [0.2, 0.25) is 0 Å². The van der Waals surface area contributed by atoms with Gasteiger partial charge in [0.05, 0.1) is 12.7 Å². The van der Waals surface area contributed by atoms with Crippen LogP contribution in [0.15, 0.2) is 72.9 Å². The number of allylic oxidation sites excluding steroid dienone is 10. The molecule has 0 aliphatic carbocycles. The Balaban J connectivity index is 4.12. The summed E-state index contributed by atoms with van der Waals surface area (Å²) in [5, 5.41) is 9.81. The van der Waals surface area contributed by atoms with Crippen LogP contribution in [0.1, 0.15) is 155 Å². The Kier molecular flexibility index (Phi) is 35.0. The van der Waals surface area contributed by atoms with Crippen LogP contribution in [0.3, 0.4) is 0 Å². The van der Waals surface area contributed by atoms with Crippen molar-refractivity contribution in [1.29, 1.82) is 0 Å². The van der Waals surface area contributed by atoms with Gasteiger partial charge in [0.1, 0.15) is 6.61 Å². The van der Waals surface area contributed by atoms with Gasteiger partial charge in [0.15, 0.2) is 6.10 Å². The highest BCUT2D eigenvalue weighted by Crippen LogP contribution is 2.36. The second-order valence-electron chi connectivity index (χ2n) is 13.1. The van der Waals surface area contributed by atoms with Crippen LogP contribution in [0.4, 0.5) is 0 Å². The van der Waals surface area contributed by atoms with Crippen LogP contribution in [0.5, 0.6) is 0 Å². The Morgan fingerprint density at radius 2 is 1.15 bits per heavy atom. The van der Waals surface area contributed by atoms with Crippen LogP contribution >= 0.6 is 7.82 Å². The van der Waals surface area contributed by atoms with Gasteiger partial charge >= 0.3 is 19.8 Å². The Bertz CT molecular complexity index is 1090. The third-order valence-electron chi connectivity index (χ3n) is 8.08. The van der Waals surface area contributed by atoms with E-state index in [0.29, 0.717) is 19.3 Å². The van der Waals surface area contributed by atoms with Gasteiger partial charge in [-0.3, -0.25) is 14.1 Å². The quantitative estimate of drug-likeness (QED) is 0.0190. The van der Waals surface area contributed by atoms with E-state index in [4.69, 9.17) is 19.3 Å². The average Bonchev–Trinajstić information content (AvgIpc) is 3.11. The Labute approximate surface area is 315 Å². The monoisotopic (exact) mass is 750 g/mol. The molecule has 0 aromatic carbocycles. The molecular formula is C42H71O9P. The fourth-order valence-electron chi connectivity index (χ4n) is 5.13. The van der Waals surface area contributed by atoms with Crippen LogP contribution in [-0.2, 0) is 28.2 Å². The number of carbonyl (C=O) groups excluding carboxylic acids is 2. The van der Waals surface area contributed by atoms with Gasteiger partial charge in [0.2, 0.25) is 0 Å². The Morgan fingerprint density at radius 1 is 0.615 bits per heavy atom. The van der Waals surface area contributed by atoms with Gasteiger partial charge in [-0.05, 0) is 44.9 Å². The molecule has 0 saturated heterocycles. The lowest BCUT2D eigenvalue weighted by Gasteiger charge is -2.18. The molecule has 0 aromatic heterocycles. The number of esters is 2. The van der Waals surface area contributed by atoms with E-state index >= 15 is 0 Å². The fourth-order valence-corrected chi connectivity index (χ4v) is 5.49. The van der Waals surface area contributed by atoms with Gasteiger partial charge in [0.25, 0.3) is 0 Å². The number of phosphoric ester groups is 1. The molecule has 0 radical (unpaired) electrons. The predicted molar refractivity (Wildman–Crippen MR) is 213 cm³/mol. The van der Waals surface area contributed by atoms with Gasteiger partial charge in [-0.25, -0.2) is 4.57 Å². The summed E-state index contributed by atoms with van der Waals surface area (Å²) in [6, 6.07) is 0. The molecule has 0 aromatic rings. The van der Waals surface area contributed by atoms with E-state index in [2.05, 4.69) is 36.6 Å². The molecule has 3 N–H and O–H groups in total. The molecule has 0 rings (SSSR count). The van der Waals surface area contributed by atoms with Crippen LogP contribution in [0.25, 0.3) is 0 Å². The highest BCUT2D eigenvalue weighted by Gasteiger charge is 2.22. The smallest absolute Gasteiger partial charge is 0.462 e. The fraction of sp³-hybridized carbons (Fsp3) is 0.667. The van der Waals surface area contributed by atoms with Gasteiger partial charge < -0.3 is 24.4 Å². The minimum atomic E-state index is -4.78. The topological polar surface area (TPSA) is 140 Å². The Morgan fingerprint density at radius 3 is 1.71 bits per heavy atom. The van der Waals surface area contributed by atoms with Crippen LogP contribution < -0.4 is 0 Å². The Hall–Kier alpha value is -2.55. The van der Waals surface area contributed by atoms with Crippen molar-refractivity contribution >= 4 is 19.8 Å². The summed E-state index contributed by atoms with van der Waals surface area (Å²) >= 11 is 0. The number of aliphatic hydroxyl groups excluding tert-OH is 1. The molecule has 0 heterocycles. The zero-order chi connectivity index (χ0) is 38.4. The third kappa shape index (κ3) is 38.7. The first kappa shape index (κ1) is 49.5. The van der Waals surface area contributed by atoms with Crippen LogP contribution in [-0.4, -0.2) is 52.3 Å². The summed E-state index contributed by atoms with van der Waals surface area (Å²) in [5.74, 6) is -1.01. The highest BCUT2D eigenvalue weighted by molar-refractivity contribution is 7.46. The predicted octanol–water partition coefficient (Wildman–Crippen LogP) is 10.9. The molecule has 0 fully saturated rings. The van der Waals surface area contributed by atoms with Crippen molar-refractivity contribution in [1.82, 2.24) is 0 Å². The molecular weight excluding hydrogens is 679 g/mol. The maximum atomic E-state index is 12.4. The zero-order valence-electron chi connectivity index (χ0n) is 32.3. The van der Waals surface area contributed by atoms with Gasteiger partial charge in [-0.1, -0.05) is 170 Å². The summed E-state index contributed by atoms with van der Waals surface area (Å²) < 4.78 is 26.2. The van der Waals surface area contributed by atoms with E-state index in [1.807, 2.05) is 48.6 Å². The number of unbranched alkanes of at least 4 members (excludes halogenated alkanes) is 13. The molecule has 298 valence electrons. The van der Waals surface area contributed by atoms with Crippen LogP contribution in [0, 0.1) is 0 Å². The first-order valence-corrected chi connectivity index (χ1v) is 21.4. The normalized spacial score (nSPS) is 13.9. The highest BCUT2D eigenvalue weighted by atomic mass is 31.2. The van der Waals surface area contributed by atoms with Crippen molar-refractivity contribution < 1.29 is 43.0 Å². The van der Waals surface area contributed by atoms with Gasteiger partial charge in [-0.15, -0.1) is 0 Å². The molecule has 0 aliphatic heterocycles. The number of ether oxygens (including phenoxy) is 2. The molecule has 0 spiro atoms. The summed E-state index contributed by atoms with van der Waals surface area (Å²) in [7, 11) is -4.78. The number of carbonyl (C=O) groups is 2. The SMILES string of the molecule is CC/C=C\CC(O)/C=C/C=C/C/C=C\C/C=C\C/C=C\CCC(=O)OC[C@H](COP(=O)(O)O)OC(=O)CCCCCCCCCCCCCCCC. The number of phosphoric acid groups is 1. The zero-order valence-corrected chi connectivity index (χ0v) is 33.2. The molecule has 10 heteroatoms. The van der Waals surface area contributed by atoms with E-state index in [-0.39, 0.29) is 19.4 Å². The molecule has 52 heavy (non-hydrogen) atoms. The lowest BCUT2D eigenvalue weighted by molar-refractivity contribution is -0.161. The van der Waals surface area contributed by atoms with E-state index in [1.54, 1.807) is 6.08 Å². The second kappa shape index (κ2) is 36.8. The largest absolute Gasteiger partial charge is 0.469 e. The third-order valence-corrected chi connectivity index (χ3v) is 8.57. The minimum absolute atomic E-state index is 0.125. The van der Waals surface area contributed by atoms with Crippen molar-refractivity contribution in [2.24, 2.45) is 0 Å². The standard InChI is InChI=1S/C42H71O9P/c1-3-5-7-8-9-10-11-12-15-19-22-25-28-32-36-42(45)51-40(38-50-52(46,47)48)37-49-41(44)35-31-27-24-21-18-16-13-14-17-20-23-26-30-34-39(43)33-29-6-4-2/h6,14,16-18,23-24,26-27,29-30,34,39-40,43H,3-5,7-13,15,19-22,25,28,31-33,35-38H2,1-2H3,(H2,46,47,48)/b17-14-,18-16-,26-23+,27-24-,29-6-,34-30+/t39?,40-/m1/s1. The number of aliphatic hydroxyl groups is 1. The first-order chi connectivity index (χ1) is 25.2. The summed E-state index contributed by atoms with van der Waals surface area (Å²) in [5.41, 5.74) is 0. The van der Waals surface area contributed by atoms with Gasteiger partial charge in [0, 0.05) is 12.8 Å². The van der Waals surface area contributed by atoms with E-state index in [1.165, 1.54) is 64.2 Å². The lowest BCUT2D eigenvalue weighted by atomic mass is 10.0. The van der Waals surface area contributed by atoms with Crippen molar-refractivity contribution in [2.75, 3.05) is 13.2 Å². The molecule has 2 atom stereocenters. The van der Waals surface area contributed by atoms with E-state index in [0.717, 1.165) is 44.9 Å².